The van der Waals surface area contributed by atoms with Crippen molar-refractivity contribution in [3.05, 3.63) is 33.8 Å². The highest BCUT2D eigenvalue weighted by Crippen LogP contribution is 2.48. The highest BCUT2D eigenvalue weighted by Gasteiger charge is 2.40. The Bertz CT molecular complexity index is 600. The van der Waals surface area contributed by atoms with Crippen LogP contribution in [0.15, 0.2) is 23.3 Å². The van der Waals surface area contributed by atoms with Gasteiger partial charge in [-0.05, 0) is 56.2 Å². The number of nitrogens with zero attached hydrogens (tertiary/aromatic N) is 1. The predicted molar refractivity (Wildman–Crippen MR) is 86.0 cm³/mol. The van der Waals surface area contributed by atoms with E-state index in [0.29, 0.717) is 21.5 Å². The van der Waals surface area contributed by atoms with Gasteiger partial charge in [-0.3, -0.25) is 4.79 Å². The van der Waals surface area contributed by atoms with E-state index >= 15 is 0 Å². The lowest BCUT2D eigenvalue weighted by molar-refractivity contribution is 0.0954. The van der Waals surface area contributed by atoms with E-state index in [2.05, 4.69) is 10.5 Å². The molecule has 2 saturated carbocycles. The number of fused-ring (bicyclic) bond motifs is 2. The fourth-order valence-corrected chi connectivity index (χ4v) is 3.98. The van der Waals surface area contributed by atoms with E-state index in [1.165, 1.54) is 25.7 Å². The summed E-state index contributed by atoms with van der Waals surface area (Å²) in [5.74, 6) is 1.92. The van der Waals surface area contributed by atoms with Gasteiger partial charge >= 0.3 is 0 Å². The van der Waals surface area contributed by atoms with Crippen molar-refractivity contribution in [1.29, 1.82) is 0 Å². The number of hydrazone groups is 1. The molecule has 3 nitrogen and oxygen atoms in total. The molecule has 3 unspecified atom stereocenters. The number of nitrogens with one attached hydrogen (secondary N) is 1. The third-order valence-electron chi connectivity index (χ3n) is 4.79. The summed E-state index contributed by atoms with van der Waals surface area (Å²) in [6.07, 6.45) is 5.23. The highest BCUT2D eigenvalue weighted by atomic mass is 35.5. The Morgan fingerprint density at radius 1 is 1.24 bits per heavy atom. The second-order valence-corrected chi connectivity index (χ2v) is 6.92. The van der Waals surface area contributed by atoms with Crippen LogP contribution in [0.5, 0.6) is 0 Å². The molecule has 0 aliphatic heterocycles. The third kappa shape index (κ3) is 3.09. The Morgan fingerprint density at radius 3 is 2.67 bits per heavy atom. The molecule has 2 fully saturated rings. The van der Waals surface area contributed by atoms with E-state index in [1.807, 2.05) is 6.92 Å². The van der Waals surface area contributed by atoms with Gasteiger partial charge in [0.15, 0.2) is 0 Å². The quantitative estimate of drug-likeness (QED) is 0.643. The van der Waals surface area contributed by atoms with E-state index in [-0.39, 0.29) is 5.91 Å². The van der Waals surface area contributed by atoms with Gasteiger partial charge in [0.1, 0.15) is 0 Å². The third-order valence-corrected chi connectivity index (χ3v) is 5.53. The van der Waals surface area contributed by atoms with Crippen LogP contribution in [0.2, 0.25) is 10.0 Å². The van der Waals surface area contributed by atoms with Gasteiger partial charge < -0.3 is 0 Å². The van der Waals surface area contributed by atoms with Gasteiger partial charge in [0.25, 0.3) is 5.91 Å². The molecular formula is C16H18Cl2N2O. The van der Waals surface area contributed by atoms with Gasteiger partial charge in [-0.25, -0.2) is 5.43 Å². The summed E-state index contributed by atoms with van der Waals surface area (Å²) in [4.78, 5) is 12.1. The summed E-state index contributed by atoms with van der Waals surface area (Å²) < 4.78 is 0. The van der Waals surface area contributed by atoms with E-state index in [4.69, 9.17) is 23.2 Å². The van der Waals surface area contributed by atoms with Crippen molar-refractivity contribution in [2.45, 2.75) is 32.6 Å². The first kappa shape index (κ1) is 14.9. The SMILES string of the molecule is C/C(=N\NC(=O)c1ccc(Cl)c(Cl)c1)C1CC2CCC1C2. The number of benzene rings is 1. The maximum absolute atomic E-state index is 12.1. The van der Waals surface area contributed by atoms with Gasteiger partial charge in [0, 0.05) is 17.2 Å². The minimum atomic E-state index is -0.254. The monoisotopic (exact) mass is 324 g/mol. The van der Waals surface area contributed by atoms with E-state index in [0.717, 1.165) is 17.5 Å². The van der Waals surface area contributed by atoms with Gasteiger partial charge in [-0.2, -0.15) is 5.10 Å². The number of halogens is 2. The number of hydrogen-bond donors (Lipinski definition) is 1. The molecule has 1 amide bonds. The lowest BCUT2D eigenvalue weighted by Crippen LogP contribution is -2.24. The molecule has 2 bridgehead atoms. The molecule has 112 valence electrons. The molecule has 3 atom stereocenters. The lowest BCUT2D eigenvalue weighted by Gasteiger charge is -2.21. The van der Waals surface area contributed by atoms with Crippen molar-refractivity contribution in [3.63, 3.8) is 0 Å². The molecule has 1 N–H and O–H groups in total. The molecule has 5 heteroatoms. The summed E-state index contributed by atoms with van der Waals surface area (Å²) >= 11 is 11.8. The fourth-order valence-electron chi connectivity index (χ4n) is 3.68. The molecule has 1 aromatic carbocycles. The van der Waals surface area contributed by atoms with E-state index < -0.39 is 0 Å². The van der Waals surface area contributed by atoms with Gasteiger partial charge in [0.05, 0.1) is 10.0 Å². The van der Waals surface area contributed by atoms with Crippen LogP contribution in [0.25, 0.3) is 0 Å². The average Bonchev–Trinajstić information content (AvgIpc) is 3.10. The molecule has 21 heavy (non-hydrogen) atoms. The maximum Gasteiger partial charge on any atom is 0.271 e. The Balaban J connectivity index is 1.64. The highest BCUT2D eigenvalue weighted by molar-refractivity contribution is 6.42. The van der Waals surface area contributed by atoms with Crippen molar-refractivity contribution in [2.24, 2.45) is 22.9 Å². The summed E-state index contributed by atoms with van der Waals surface area (Å²) in [5.41, 5.74) is 4.13. The van der Waals surface area contributed by atoms with E-state index in [1.54, 1.807) is 18.2 Å². The molecule has 0 radical (unpaired) electrons. The minimum Gasteiger partial charge on any atom is -0.267 e. The van der Waals surface area contributed by atoms with Gasteiger partial charge in [-0.1, -0.05) is 29.6 Å². The largest absolute Gasteiger partial charge is 0.271 e. The first-order valence-corrected chi connectivity index (χ1v) is 8.09. The van der Waals surface area contributed by atoms with Crippen LogP contribution in [0.3, 0.4) is 0 Å². The minimum absolute atomic E-state index is 0.254. The van der Waals surface area contributed by atoms with Crippen molar-refractivity contribution >= 4 is 34.8 Å². The van der Waals surface area contributed by atoms with Crippen LogP contribution >= 0.6 is 23.2 Å². The van der Waals surface area contributed by atoms with Crippen LogP contribution in [0.4, 0.5) is 0 Å². The number of rotatable bonds is 3. The molecule has 0 spiro atoms. The fraction of sp³-hybridized carbons (Fsp3) is 0.500. The molecule has 2 aliphatic rings. The summed E-state index contributed by atoms with van der Waals surface area (Å²) in [6, 6.07) is 4.82. The van der Waals surface area contributed by atoms with Crippen molar-refractivity contribution in [3.8, 4) is 0 Å². The summed E-state index contributed by atoms with van der Waals surface area (Å²) in [5, 5.41) is 5.11. The number of carbonyl (C=O) groups is 1. The smallest absolute Gasteiger partial charge is 0.267 e. The van der Waals surface area contributed by atoms with Crippen LogP contribution in [0, 0.1) is 17.8 Å². The Kier molecular flexibility index (Phi) is 4.23. The Labute approximate surface area is 134 Å². The normalized spacial score (nSPS) is 28.0. The van der Waals surface area contributed by atoms with Gasteiger partial charge in [0.2, 0.25) is 0 Å². The molecule has 0 aromatic heterocycles. The predicted octanol–water partition coefficient (Wildman–Crippen LogP) is 4.54. The molecule has 2 aliphatic carbocycles. The van der Waals surface area contributed by atoms with Crippen molar-refractivity contribution in [2.75, 3.05) is 0 Å². The first-order valence-electron chi connectivity index (χ1n) is 7.34. The van der Waals surface area contributed by atoms with Crippen molar-refractivity contribution < 1.29 is 4.79 Å². The Hall–Kier alpha value is -1.06. The maximum atomic E-state index is 12.1. The lowest BCUT2D eigenvalue weighted by atomic mass is 9.86. The molecule has 0 saturated heterocycles. The Morgan fingerprint density at radius 2 is 2.05 bits per heavy atom. The second kappa shape index (κ2) is 5.98. The zero-order valence-electron chi connectivity index (χ0n) is 11.9. The number of amides is 1. The zero-order valence-corrected chi connectivity index (χ0v) is 13.4. The molecular weight excluding hydrogens is 307 g/mol. The summed E-state index contributed by atoms with van der Waals surface area (Å²) in [7, 11) is 0. The number of carbonyl (C=O) groups excluding carboxylic acids is 1. The average molecular weight is 325 g/mol. The molecule has 3 rings (SSSR count). The first-order chi connectivity index (χ1) is 10.0. The van der Waals surface area contributed by atoms with Gasteiger partial charge in [-0.15, -0.1) is 0 Å². The van der Waals surface area contributed by atoms with Crippen molar-refractivity contribution in [1.82, 2.24) is 5.43 Å². The van der Waals surface area contributed by atoms with Crippen LogP contribution in [-0.2, 0) is 0 Å². The molecule has 0 heterocycles. The molecule has 1 aromatic rings. The standard InChI is InChI=1S/C16H18Cl2N2O/c1-9(13-7-10-2-3-11(13)6-10)19-20-16(21)12-4-5-14(17)15(18)8-12/h4-5,8,10-11,13H,2-3,6-7H2,1H3,(H,20,21)/b19-9+. The zero-order chi connectivity index (χ0) is 15.0. The van der Waals surface area contributed by atoms with Crippen LogP contribution in [0.1, 0.15) is 43.0 Å². The van der Waals surface area contributed by atoms with Crippen LogP contribution in [-0.4, -0.2) is 11.6 Å². The van der Waals surface area contributed by atoms with E-state index in [9.17, 15) is 4.79 Å². The number of hydrogen-bond acceptors (Lipinski definition) is 2. The van der Waals surface area contributed by atoms with Crippen LogP contribution < -0.4 is 5.43 Å². The summed E-state index contributed by atoms with van der Waals surface area (Å²) in [6.45, 7) is 2.01. The second-order valence-electron chi connectivity index (χ2n) is 6.10. The topological polar surface area (TPSA) is 41.5 Å².